The SMILES string of the molecule is [CH2]O[N+](=O)[O-]. The Labute approximate surface area is 28.5 Å². The van der Waals surface area contributed by atoms with Crippen LogP contribution in [-0.4, -0.2) is 5.09 Å². The van der Waals surface area contributed by atoms with Crippen molar-refractivity contribution in [2.45, 2.75) is 0 Å². The summed E-state index contributed by atoms with van der Waals surface area (Å²) in [5.74, 6) is 0. The van der Waals surface area contributed by atoms with Crippen LogP contribution < -0.4 is 0 Å². The molecule has 0 bridgehead atoms. The van der Waals surface area contributed by atoms with Crippen LogP contribution in [0.2, 0.25) is 0 Å². The van der Waals surface area contributed by atoms with E-state index in [1.54, 1.807) is 0 Å². The Morgan fingerprint density at radius 3 is 2.20 bits per heavy atom. The molecule has 0 N–H and O–H groups in total. The Morgan fingerprint density at radius 2 is 2.20 bits per heavy atom. The molecule has 0 saturated heterocycles. The van der Waals surface area contributed by atoms with Crippen LogP contribution in [0.1, 0.15) is 0 Å². The van der Waals surface area contributed by atoms with Crippen LogP contribution in [0, 0.1) is 17.2 Å². The van der Waals surface area contributed by atoms with Crippen molar-refractivity contribution in [3.05, 3.63) is 17.2 Å². The average molecular weight is 76.0 g/mol. The molecule has 0 aromatic carbocycles. The summed E-state index contributed by atoms with van der Waals surface area (Å²) in [6, 6.07) is 0. The van der Waals surface area contributed by atoms with Crippen molar-refractivity contribution in [2.75, 3.05) is 0 Å². The van der Waals surface area contributed by atoms with Crippen LogP contribution >= 0.6 is 0 Å². The van der Waals surface area contributed by atoms with E-state index in [2.05, 4.69) is 11.9 Å². The maximum atomic E-state index is 8.89. The van der Waals surface area contributed by atoms with Gasteiger partial charge in [-0.2, -0.15) is 0 Å². The van der Waals surface area contributed by atoms with Gasteiger partial charge in [0.05, 0.1) is 0 Å². The number of hydrogen-bond acceptors (Lipinski definition) is 3. The van der Waals surface area contributed by atoms with Crippen molar-refractivity contribution in [3.8, 4) is 0 Å². The van der Waals surface area contributed by atoms with Crippen LogP contribution in [0.25, 0.3) is 0 Å². The molecule has 29 valence electrons. The highest BCUT2D eigenvalue weighted by atomic mass is 16.9. The lowest BCUT2D eigenvalue weighted by molar-refractivity contribution is -0.740. The molecule has 0 aromatic rings. The smallest absolute Gasteiger partial charge is 0.294 e. The van der Waals surface area contributed by atoms with Gasteiger partial charge in [0, 0.05) is 0 Å². The van der Waals surface area contributed by atoms with E-state index in [1.165, 1.54) is 0 Å². The maximum Gasteiger partial charge on any atom is 0.294 e. The van der Waals surface area contributed by atoms with Crippen molar-refractivity contribution in [2.24, 2.45) is 0 Å². The molecule has 0 aromatic heterocycles. The second-order valence-electron chi connectivity index (χ2n) is 0.353. The number of nitrogens with zero attached hydrogens (tertiary/aromatic N) is 1. The van der Waals surface area contributed by atoms with Crippen molar-refractivity contribution in [1.29, 1.82) is 0 Å². The molecular weight excluding hydrogens is 74.0 g/mol. The van der Waals surface area contributed by atoms with Gasteiger partial charge in [0.15, 0.2) is 0 Å². The van der Waals surface area contributed by atoms with Gasteiger partial charge >= 0.3 is 0 Å². The molecular formula is CH2NO3. The van der Waals surface area contributed by atoms with Crippen LogP contribution in [-0.2, 0) is 4.84 Å². The van der Waals surface area contributed by atoms with Crippen molar-refractivity contribution in [1.82, 2.24) is 0 Å². The predicted octanol–water partition coefficient (Wildman–Crippen LogP) is -0.0137. The third-order valence-electron chi connectivity index (χ3n) is 0.105. The van der Waals surface area contributed by atoms with E-state index in [0.717, 1.165) is 0 Å². The van der Waals surface area contributed by atoms with Gasteiger partial charge in [0.1, 0.15) is 7.11 Å². The fourth-order valence-corrected chi connectivity index (χ4v) is 0. The third-order valence-corrected chi connectivity index (χ3v) is 0.105. The zero-order valence-electron chi connectivity index (χ0n) is 2.38. The van der Waals surface area contributed by atoms with Crippen LogP contribution in [0.5, 0.6) is 0 Å². The minimum absolute atomic E-state index is 0.986. The second-order valence-corrected chi connectivity index (χ2v) is 0.353. The number of hydrogen-bond donors (Lipinski definition) is 0. The van der Waals surface area contributed by atoms with E-state index in [-0.39, 0.29) is 0 Å². The van der Waals surface area contributed by atoms with Crippen molar-refractivity contribution in [3.63, 3.8) is 0 Å². The van der Waals surface area contributed by atoms with E-state index in [1.807, 2.05) is 0 Å². The van der Waals surface area contributed by atoms with Gasteiger partial charge < -0.3 is 4.84 Å². The minimum atomic E-state index is -0.986. The molecule has 0 spiro atoms. The Balaban J connectivity index is 2.85. The summed E-state index contributed by atoms with van der Waals surface area (Å²) in [6.07, 6.45) is 0. The lowest BCUT2D eigenvalue weighted by Gasteiger charge is -1.74. The Kier molecular flexibility index (Phi) is 1.27. The summed E-state index contributed by atoms with van der Waals surface area (Å²) in [4.78, 5) is 12.1. The highest BCUT2D eigenvalue weighted by Gasteiger charge is 1.77. The normalized spacial score (nSPS) is 6.60. The molecule has 1 radical (unpaired) electrons. The first kappa shape index (κ1) is 4.20. The van der Waals surface area contributed by atoms with Crippen LogP contribution in [0.4, 0.5) is 0 Å². The van der Waals surface area contributed by atoms with Gasteiger partial charge in [-0.05, 0) is 0 Å². The molecule has 0 heterocycles. The Bertz CT molecular complexity index is 42.2. The average Bonchev–Trinajstić information content (AvgIpc) is 1.38. The van der Waals surface area contributed by atoms with Gasteiger partial charge in [-0.1, -0.05) is 0 Å². The van der Waals surface area contributed by atoms with E-state index < -0.39 is 5.09 Å². The summed E-state index contributed by atoms with van der Waals surface area (Å²) in [7, 11) is 2.49. The number of rotatable bonds is 1. The molecule has 0 saturated carbocycles. The summed E-state index contributed by atoms with van der Waals surface area (Å²) in [5, 5.41) is 7.90. The van der Waals surface area contributed by atoms with Gasteiger partial charge in [0.2, 0.25) is 0 Å². The molecule has 0 aliphatic carbocycles. The zero-order valence-corrected chi connectivity index (χ0v) is 2.38. The quantitative estimate of drug-likeness (QED) is 0.326. The summed E-state index contributed by atoms with van der Waals surface area (Å²) < 4.78 is 0. The van der Waals surface area contributed by atoms with E-state index in [0.29, 0.717) is 0 Å². The highest BCUT2D eigenvalue weighted by molar-refractivity contribution is 3.90. The largest absolute Gasteiger partial charge is 0.312 e. The van der Waals surface area contributed by atoms with Gasteiger partial charge in [-0.15, -0.1) is 10.1 Å². The van der Waals surface area contributed by atoms with Gasteiger partial charge in [-0.3, -0.25) is 0 Å². The van der Waals surface area contributed by atoms with E-state index >= 15 is 0 Å². The predicted molar refractivity (Wildman–Crippen MR) is 13.4 cm³/mol. The van der Waals surface area contributed by atoms with E-state index in [4.69, 9.17) is 10.1 Å². The molecule has 0 aliphatic heterocycles. The fraction of sp³-hybridized carbons (Fsp3) is 0. The minimum Gasteiger partial charge on any atom is -0.312 e. The van der Waals surface area contributed by atoms with Crippen molar-refractivity contribution >= 4 is 0 Å². The van der Waals surface area contributed by atoms with E-state index in [9.17, 15) is 0 Å². The van der Waals surface area contributed by atoms with Crippen molar-refractivity contribution < 1.29 is 9.92 Å². The highest BCUT2D eigenvalue weighted by Crippen LogP contribution is 1.60. The monoisotopic (exact) mass is 76.0 g/mol. The van der Waals surface area contributed by atoms with Gasteiger partial charge in [0.25, 0.3) is 5.09 Å². The first-order valence-electron chi connectivity index (χ1n) is 0.836. The van der Waals surface area contributed by atoms with Crippen LogP contribution in [0.15, 0.2) is 0 Å². The van der Waals surface area contributed by atoms with Crippen LogP contribution in [0.3, 0.4) is 0 Å². The lowest BCUT2D eigenvalue weighted by Crippen LogP contribution is -1.88. The molecule has 0 rings (SSSR count). The first-order chi connectivity index (χ1) is 2.27. The Morgan fingerprint density at radius 1 is 2.00 bits per heavy atom. The molecule has 4 nitrogen and oxygen atoms in total. The molecule has 4 heteroatoms. The standard InChI is InChI=1S/CH2NO3/c1-5-2(3)4/h1H2. The summed E-state index contributed by atoms with van der Waals surface area (Å²) in [5.41, 5.74) is 0. The first-order valence-corrected chi connectivity index (χ1v) is 0.836. The summed E-state index contributed by atoms with van der Waals surface area (Å²) in [6.45, 7) is 0. The third kappa shape index (κ3) is 3.20. The topological polar surface area (TPSA) is 52.4 Å². The molecule has 0 unspecified atom stereocenters. The lowest BCUT2D eigenvalue weighted by atomic mass is 11.7. The van der Waals surface area contributed by atoms with Gasteiger partial charge in [-0.25, -0.2) is 0 Å². The maximum absolute atomic E-state index is 8.89. The molecule has 0 amide bonds. The second kappa shape index (κ2) is 1.51. The molecule has 5 heavy (non-hydrogen) atoms. The zero-order chi connectivity index (χ0) is 4.28. The molecule has 0 fully saturated rings. The molecule has 0 atom stereocenters. The summed E-state index contributed by atoms with van der Waals surface area (Å²) >= 11 is 0. The fourth-order valence-electron chi connectivity index (χ4n) is 0. The Hall–Kier alpha value is -0.800. The molecule has 0 aliphatic rings.